The van der Waals surface area contributed by atoms with E-state index in [1.807, 2.05) is 0 Å². The van der Waals surface area contributed by atoms with Crippen molar-refractivity contribution >= 4 is 27.5 Å². The lowest BCUT2D eigenvalue weighted by molar-refractivity contribution is 0.916. The van der Waals surface area contributed by atoms with Crippen LogP contribution in [0.1, 0.15) is 16.9 Å². The van der Waals surface area contributed by atoms with Gasteiger partial charge in [0.2, 0.25) is 5.95 Å². The standard InChI is InChI=1S/C9H9N3OS/c10-9-11-7(13)6-4-2-1-3-5(4)14-8(6)12-9/h1-3H2,(H3,10,11,12,13). The molecule has 0 bridgehead atoms. The van der Waals surface area contributed by atoms with Crippen molar-refractivity contribution < 1.29 is 0 Å². The molecule has 1 aliphatic carbocycles. The number of fused-ring (bicyclic) bond motifs is 3. The third-order valence-electron chi connectivity index (χ3n) is 2.59. The van der Waals surface area contributed by atoms with Crippen molar-refractivity contribution in [2.24, 2.45) is 0 Å². The molecule has 4 nitrogen and oxygen atoms in total. The third-order valence-corrected chi connectivity index (χ3v) is 3.78. The topological polar surface area (TPSA) is 71.8 Å². The van der Waals surface area contributed by atoms with E-state index >= 15 is 0 Å². The Bertz CT molecular complexity index is 569. The fourth-order valence-electron chi connectivity index (χ4n) is 2.02. The highest BCUT2D eigenvalue weighted by Crippen LogP contribution is 2.34. The number of nitrogens with zero attached hydrogens (tertiary/aromatic N) is 1. The quantitative estimate of drug-likeness (QED) is 0.678. The van der Waals surface area contributed by atoms with Gasteiger partial charge in [0.15, 0.2) is 0 Å². The predicted molar refractivity (Wildman–Crippen MR) is 56.7 cm³/mol. The van der Waals surface area contributed by atoms with Crippen molar-refractivity contribution in [1.29, 1.82) is 0 Å². The molecule has 0 saturated heterocycles. The van der Waals surface area contributed by atoms with Gasteiger partial charge < -0.3 is 5.73 Å². The highest BCUT2D eigenvalue weighted by Gasteiger charge is 2.20. The van der Waals surface area contributed by atoms with Crippen molar-refractivity contribution in [2.45, 2.75) is 19.3 Å². The highest BCUT2D eigenvalue weighted by atomic mass is 32.1. The molecular formula is C9H9N3OS. The van der Waals surface area contributed by atoms with Crippen molar-refractivity contribution in [2.75, 3.05) is 5.73 Å². The highest BCUT2D eigenvalue weighted by molar-refractivity contribution is 7.18. The van der Waals surface area contributed by atoms with Crippen molar-refractivity contribution in [1.82, 2.24) is 9.97 Å². The normalized spacial score (nSPS) is 14.9. The first-order valence-corrected chi connectivity index (χ1v) is 5.37. The van der Waals surface area contributed by atoms with Gasteiger partial charge in [-0.3, -0.25) is 9.78 Å². The molecule has 0 unspecified atom stereocenters. The molecule has 0 aliphatic heterocycles. The van der Waals surface area contributed by atoms with Gasteiger partial charge in [0.25, 0.3) is 5.56 Å². The zero-order valence-corrected chi connectivity index (χ0v) is 8.28. The molecule has 3 N–H and O–H groups in total. The Kier molecular flexibility index (Phi) is 1.47. The Morgan fingerprint density at radius 3 is 3.14 bits per heavy atom. The Labute approximate surface area is 83.8 Å². The van der Waals surface area contributed by atoms with Crippen LogP contribution in [0.3, 0.4) is 0 Å². The van der Waals surface area contributed by atoms with Gasteiger partial charge in [-0.1, -0.05) is 0 Å². The van der Waals surface area contributed by atoms with Crippen molar-refractivity contribution in [3.8, 4) is 0 Å². The van der Waals surface area contributed by atoms with Crippen LogP contribution in [0.4, 0.5) is 5.95 Å². The average molecular weight is 207 g/mol. The Hall–Kier alpha value is -1.36. The first-order valence-electron chi connectivity index (χ1n) is 4.56. The van der Waals surface area contributed by atoms with E-state index < -0.39 is 0 Å². The van der Waals surface area contributed by atoms with Gasteiger partial charge in [0, 0.05) is 4.88 Å². The smallest absolute Gasteiger partial charge is 0.261 e. The van der Waals surface area contributed by atoms with Gasteiger partial charge in [0.1, 0.15) is 4.83 Å². The number of rotatable bonds is 0. The lowest BCUT2D eigenvalue weighted by Crippen LogP contribution is -2.10. The summed E-state index contributed by atoms with van der Waals surface area (Å²) in [6.07, 6.45) is 3.24. The van der Waals surface area contributed by atoms with Gasteiger partial charge in [-0.25, -0.2) is 4.98 Å². The van der Waals surface area contributed by atoms with E-state index in [1.54, 1.807) is 11.3 Å². The summed E-state index contributed by atoms with van der Waals surface area (Å²) < 4.78 is 0. The van der Waals surface area contributed by atoms with Gasteiger partial charge in [-0.05, 0) is 24.8 Å². The molecule has 0 saturated carbocycles. The predicted octanol–water partition coefficient (Wildman–Crippen LogP) is 1.06. The molecule has 0 spiro atoms. The summed E-state index contributed by atoms with van der Waals surface area (Å²) in [5.41, 5.74) is 6.59. The van der Waals surface area contributed by atoms with Crippen LogP contribution < -0.4 is 11.3 Å². The van der Waals surface area contributed by atoms with Crippen LogP contribution in [0.25, 0.3) is 10.2 Å². The number of aryl methyl sites for hydroxylation is 2. The number of nitrogens with two attached hydrogens (primary N) is 1. The van der Waals surface area contributed by atoms with Crippen LogP contribution in [0, 0.1) is 0 Å². The fraction of sp³-hybridized carbons (Fsp3) is 0.333. The molecule has 2 heterocycles. The van der Waals surface area contributed by atoms with E-state index in [0.717, 1.165) is 29.5 Å². The maximum atomic E-state index is 11.7. The Morgan fingerprint density at radius 2 is 2.29 bits per heavy atom. The van der Waals surface area contributed by atoms with E-state index in [2.05, 4.69) is 9.97 Å². The van der Waals surface area contributed by atoms with Gasteiger partial charge in [-0.15, -0.1) is 11.3 Å². The number of nitrogens with one attached hydrogen (secondary N) is 1. The zero-order chi connectivity index (χ0) is 9.71. The molecule has 0 fully saturated rings. The fourth-order valence-corrected chi connectivity index (χ4v) is 3.29. The lowest BCUT2D eigenvalue weighted by atomic mass is 10.2. The van der Waals surface area contributed by atoms with Gasteiger partial charge >= 0.3 is 0 Å². The molecule has 2 aromatic rings. The number of anilines is 1. The molecule has 0 atom stereocenters. The lowest BCUT2D eigenvalue weighted by Gasteiger charge is -1.93. The molecular weight excluding hydrogens is 198 g/mol. The van der Waals surface area contributed by atoms with Crippen molar-refractivity contribution in [3.05, 3.63) is 20.8 Å². The summed E-state index contributed by atoms with van der Waals surface area (Å²) in [5, 5.41) is 0.761. The minimum Gasteiger partial charge on any atom is -0.369 e. The number of H-pyrrole nitrogens is 1. The number of hydrogen-bond acceptors (Lipinski definition) is 4. The summed E-state index contributed by atoms with van der Waals surface area (Å²) in [5.74, 6) is 0.211. The second-order valence-electron chi connectivity index (χ2n) is 3.49. The van der Waals surface area contributed by atoms with E-state index in [9.17, 15) is 4.79 Å². The SMILES string of the molecule is Nc1nc2sc3c(c2c(=O)[nH]1)CCC3. The maximum absolute atomic E-state index is 11.7. The molecule has 2 aromatic heterocycles. The molecule has 14 heavy (non-hydrogen) atoms. The second-order valence-corrected chi connectivity index (χ2v) is 4.57. The molecule has 0 aromatic carbocycles. The van der Waals surface area contributed by atoms with Crippen LogP contribution in [-0.4, -0.2) is 9.97 Å². The van der Waals surface area contributed by atoms with Crippen LogP contribution in [-0.2, 0) is 12.8 Å². The average Bonchev–Trinajstić information content (AvgIpc) is 2.60. The molecule has 0 amide bonds. The van der Waals surface area contributed by atoms with Gasteiger partial charge in [0.05, 0.1) is 5.39 Å². The summed E-state index contributed by atoms with van der Waals surface area (Å²) in [4.78, 5) is 20.4. The number of aromatic nitrogens is 2. The Morgan fingerprint density at radius 1 is 1.43 bits per heavy atom. The number of thiophene rings is 1. The molecule has 0 radical (unpaired) electrons. The van der Waals surface area contributed by atoms with Gasteiger partial charge in [-0.2, -0.15) is 0 Å². The van der Waals surface area contributed by atoms with E-state index in [1.165, 1.54) is 10.4 Å². The molecule has 72 valence electrons. The van der Waals surface area contributed by atoms with Crippen molar-refractivity contribution in [3.63, 3.8) is 0 Å². The minimum absolute atomic E-state index is 0.0908. The number of nitrogen functional groups attached to an aromatic ring is 1. The van der Waals surface area contributed by atoms with Crippen LogP contribution in [0.5, 0.6) is 0 Å². The van der Waals surface area contributed by atoms with Crippen LogP contribution in [0.2, 0.25) is 0 Å². The van der Waals surface area contributed by atoms with E-state index in [0.29, 0.717) is 0 Å². The molecule has 3 rings (SSSR count). The number of hydrogen-bond donors (Lipinski definition) is 2. The van der Waals surface area contributed by atoms with E-state index in [-0.39, 0.29) is 11.5 Å². The summed E-state index contributed by atoms with van der Waals surface area (Å²) in [7, 11) is 0. The molecule has 1 aliphatic rings. The zero-order valence-electron chi connectivity index (χ0n) is 7.46. The first kappa shape index (κ1) is 7.99. The summed E-state index contributed by atoms with van der Waals surface area (Å²) >= 11 is 1.60. The monoisotopic (exact) mass is 207 g/mol. The first-order chi connectivity index (χ1) is 6.75. The van der Waals surface area contributed by atoms with Crippen LogP contribution >= 0.6 is 11.3 Å². The minimum atomic E-state index is -0.0908. The summed E-state index contributed by atoms with van der Waals surface area (Å²) in [6.45, 7) is 0. The summed E-state index contributed by atoms with van der Waals surface area (Å²) in [6, 6.07) is 0. The maximum Gasteiger partial charge on any atom is 0.261 e. The van der Waals surface area contributed by atoms with E-state index in [4.69, 9.17) is 5.73 Å². The second kappa shape index (κ2) is 2.57. The van der Waals surface area contributed by atoms with Crippen LogP contribution in [0.15, 0.2) is 4.79 Å². The third kappa shape index (κ3) is 0.928. The largest absolute Gasteiger partial charge is 0.369 e. The Balaban J connectivity index is 2.50. The molecule has 5 heteroatoms. The number of aromatic amines is 1.